The van der Waals surface area contributed by atoms with Crippen molar-refractivity contribution in [2.75, 3.05) is 19.6 Å². The summed E-state index contributed by atoms with van der Waals surface area (Å²) in [7, 11) is 0. The molecule has 0 amide bonds. The maximum Gasteiger partial charge on any atom is 0.0622 e. The molecule has 1 aromatic heterocycles. The van der Waals surface area contributed by atoms with E-state index >= 15 is 0 Å². The number of hydrogen-bond acceptors (Lipinski definition) is 2. The summed E-state index contributed by atoms with van der Waals surface area (Å²) in [4.78, 5) is 2.52. The summed E-state index contributed by atoms with van der Waals surface area (Å²) in [5, 5.41) is 4.46. The predicted octanol–water partition coefficient (Wildman–Crippen LogP) is 3.65. The van der Waals surface area contributed by atoms with Gasteiger partial charge in [0.1, 0.15) is 0 Å². The fourth-order valence-electron chi connectivity index (χ4n) is 1.98. The third-order valence-corrected chi connectivity index (χ3v) is 3.04. The fraction of sp³-hybridized carbons (Fsp3) is 0.800. The first-order chi connectivity index (χ1) is 8.75. The van der Waals surface area contributed by atoms with Crippen molar-refractivity contribution in [3.8, 4) is 0 Å². The van der Waals surface area contributed by atoms with Gasteiger partial charge in [0.25, 0.3) is 0 Å². The van der Waals surface area contributed by atoms with E-state index in [9.17, 15) is 0 Å². The molecule has 0 saturated carbocycles. The van der Waals surface area contributed by atoms with E-state index in [4.69, 9.17) is 0 Å². The van der Waals surface area contributed by atoms with Gasteiger partial charge in [0.15, 0.2) is 0 Å². The molecule has 106 valence electrons. The number of hydrogen-bond donors (Lipinski definition) is 0. The maximum absolute atomic E-state index is 4.46. The van der Waals surface area contributed by atoms with Gasteiger partial charge in [-0.15, -0.1) is 0 Å². The minimum Gasteiger partial charge on any atom is -0.301 e. The van der Waals surface area contributed by atoms with E-state index in [2.05, 4.69) is 34.7 Å². The minimum absolute atomic E-state index is 1.04. The van der Waals surface area contributed by atoms with Gasteiger partial charge in [-0.25, -0.2) is 0 Å². The lowest BCUT2D eigenvalue weighted by Crippen LogP contribution is -2.24. The van der Waals surface area contributed by atoms with Crippen LogP contribution in [0.2, 0.25) is 0 Å². The second-order valence-electron chi connectivity index (χ2n) is 4.21. The van der Waals surface area contributed by atoms with Crippen molar-refractivity contribution in [2.45, 2.75) is 60.9 Å². The van der Waals surface area contributed by atoms with E-state index < -0.39 is 0 Å². The third kappa shape index (κ3) is 5.67. The normalized spacial score (nSPS) is 14.6. The van der Waals surface area contributed by atoms with Gasteiger partial charge < -0.3 is 4.90 Å². The first-order valence-electron chi connectivity index (χ1n) is 7.49. The molecule has 2 heterocycles. The smallest absolute Gasteiger partial charge is 0.0622 e. The predicted molar refractivity (Wildman–Crippen MR) is 80.1 cm³/mol. The Morgan fingerprint density at radius 1 is 1.00 bits per heavy atom. The molecular weight excluding hydrogens is 222 g/mol. The third-order valence-electron chi connectivity index (χ3n) is 3.04. The Balaban J connectivity index is 0.000000659. The molecule has 1 fully saturated rings. The molecule has 0 N–H and O–H groups in total. The van der Waals surface area contributed by atoms with Crippen molar-refractivity contribution in [3.05, 3.63) is 17.5 Å². The van der Waals surface area contributed by atoms with Crippen LogP contribution in [-0.2, 0) is 6.54 Å². The number of aromatic nitrogens is 2. The standard InChI is InChI=1S/C11H19N3.2C2H6/c1-10-9-14(12-11(10)2)8-7-13-5-3-4-6-13;2*1-2/h9H,3-8H2,1-2H3;2*1-2H3. The molecule has 1 saturated heterocycles. The van der Waals surface area contributed by atoms with Gasteiger partial charge in [-0.1, -0.05) is 27.7 Å². The molecule has 1 aliphatic rings. The maximum atomic E-state index is 4.46. The SMILES string of the molecule is CC.CC.Cc1cn(CCN2CCCC2)nc1C. The van der Waals surface area contributed by atoms with E-state index in [0.29, 0.717) is 0 Å². The summed E-state index contributed by atoms with van der Waals surface area (Å²) < 4.78 is 2.07. The summed E-state index contributed by atoms with van der Waals surface area (Å²) in [6, 6.07) is 0. The lowest BCUT2D eigenvalue weighted by Gasteiger charge is -2.13. The number of nitrogens with zero attached hydrogens (tertiary/aromatic N) is 3. The Hall–Kier alpha value is -0.830. The molecule has 0 aliphatic carbocycles. The van der Waals surface area contributed by atoms with Gasteiger partial charge in [0.2, 0.25) is 0 Å². The van der Waals surface area contributed by atoms with Crippen LogP contribution in [0, 0.1) is 13.8 Å². The molecule has 3 nitrogen and oxygen atoms in total. The molecule has 3 heteroatoms. The average Bonchev–Trinajstić information content (AvgIpc) is 3.03. The van der Waals surface area contributed by atoms with Crippen molar-refractivity contribution in [3.63, 3.8) is 0 Å². The van der Waals surface area contributed by atoms with Crippen LogP contribution in [0.5, 0.6) is 0 Å². The van der Waals surface area contributed by atoms with Crippen molar-refractivity contribution in [1.29, 1.82) is 0 Å². The molecule has 0 unspecified atom stereocenters. The zero-order valence-electron chi connectivity index (χ0n) is 13.2. The molecule has 1 aliphatic heterocycles. The van der Waals surface area contributed by atoms with Crippen LogP contribution < -0.4 is 0 Å². The second-order valence-corrected chi connectivity index (χ2v) is 4.21. The Morgan fingerprint density at radius 2 is 1.56 bits per heavy atom. The lowest BCUT2D eigenvalue weighted by atomic mass is 10.3. The molecule has 1 aromatic rings. The van der Waals surface area contributed by atoms with Crippen molar-refractivity contribution >= 4 is 0 Å². The highest BCUT2D eigenvalue weighted by molar-refractivity contribution is 5.12. The molecule has 0 radical (unpaired) electrons. The van der Waals surface area contributed by atoms with Gasteiger partial charge in [-0.3, -0.25) is 4.68 Å². The van der Waals surface area contributed by atoms with Gasteiger partial charge in [0, 0.05) is 12.7 Å². The molecular formula is C15H31N3. The fourth-order valence-corrected chi connectivity index (χ4v) is 1.98. The van der Waals surface area contributed by atoms with Gasteiger partial charge >= 0.3 is 0 Å². The van der Waals surface area contributed by atoms with E-state index in [0.717, 1.165) is 18.8 Å². The minimum atomic E-state index is 1.04. The summed E-state index contributed by atoms with van der Waals surface area (Å²) in [5.74, 6) is 0. The van der Waals surface area contributed by atoms with E-state index in [1.54, 1.807) is 0 Å². The van der Waals surface area contributed by atoms with Crippen molar-refractivity contribution < 1.29 is 0 Å². The lowest BCUT2D eigenvalue weighted by molar-refractivity contribution is 0.315. The number of likely N-dealkylation sites (tertiary alicyclic amines) is 1. The Kier molecular flexibility index (Phi) is 9.66. The molecule has 0 bridgehead atoms. The highest BCUT2D eigenvalue weighted by Gasteiger charge is 2.11. The molecule has 2 rings (SSSR count). The quantitative estimate of drug-likeness (QED) is 0.820. The van der Waals surface area contributed by atoms with Crippen LogP contribution in [0.3, 0.4) is 0 Å². The van der Waals surface area contributed by atoms with Gasteiger partial charge in [-0.2, -0.15) is 5.10 Å². The zero-order chi connectivity index (χ0) is 14.0. The summed E-state index contributed by atoms with van der Waals surface area (Å²) in [6.07, 6.45) is 4.89. The number of rotatable bonds is 3. The average molecular weight is 253 g/mol. The highest BCUT2D eigenvalue weighted by atomic mass is 15.3. The Morgan fingerprint density at radius 3 is 2.00 bits per heavy atom. The van der Waals surface area contributed by atoms with Gasteiger partial charge in [0.05, 0.1) is 12.2 Å². The zero-order valence-corrected chi connectivity index (χ0v) is 13.2. The van der Waals surface area contributed by atoms with Crippen LogP contribution in [0.4, 0.5) is 0 Å². The number of aryl methyl sites for hydroxylation is 2. The summed E-state index contributed by atoms with van der Waals surface area (Å²) in [5.41, 5.74) is 2.46. The first kappa shape index (κ1) is 17.2. The summed E-state index contributed by atoms with van der Waals surface area (Å²) >= 11 is 0. The monoisotopic (exact) mass is 253 g/mol. The Bertz CT molecular complexity index is 279. The van der Waals surface area contributed by atoms with Crippen LogP contribution >= 0.6 is 0 Å². The molecule has 18 heavy (non-hydrogen) atoms. The molecule has 0 spiro atoms. The molecule has 0 atom stereocenters. The topological polar surface area (TPSA) is 21.1 Å². The highest BCUT2D eigenvalue weighted by Crippen LogP contribution is 2.08. The van der Waals surface area contributed by atoms with E-state index in [1.165, 1.54) is 31.5 Å². The van der Waals surface area contributed by atoms with E-state index in [-0.39, 0.29) is 0 Å². The van der Waals surface area contributed by atoms with Crippen LogP contribution in [-0.4, -0.2) is 34.3 Å². The first-order valence-corrected chi connectivity index (χ1v) is 7.49. The van der Waals surface area contributed by atoms with Crippen LogP contribution in [0.15, 0.2) is 6.20 Å². The van der Waals surface area contributed by atoms with Crippen molar-refractivity contribution in [2.24, 2.45) is 0 Å². The van der Waals surface area contributed by atoms with Gasteiger partial charge in [-0.05, 0) is 45.3 Å². The van der Waals surface area contributed by atoms with E-state index in [1.807, 2.05) is 27.7 Å². The second kappa shape index (κ2) is 10.1. The van der Waals surface area contributed by atoms with Crippen molar-refractivity contribution in [1.82, 2.24) is 14.7 Å². The van der Waals surface area contributed by atoms with Crippen LogP contribution in [0.1, 0.15) is 51.8 Å². The van der Waals surface area contributed by atoms with Crippen LogP contribution in [0.25, 0.3) is 0 Å². The molecule has 0 aromatic carbocycles. The Labute approximate surface area is 113 Å². The summed E-state index contributed by atoms with van der Waals surface area (Å²) in [6.45, 7) is 16.9. The largest absolute Gasteiger partial charge is 0.301 e.